The van der Waals surface area contributed by atoms with Gasteiger partial charge in [0.05, 0.1) is 6.10 Å². The van der Waals surface area contributed by atoms with Crippen molar-refractivity contribution >= 4 is 0 Å². The topological polar surface area (TPSA) is 30.5 Å². The normalized spacial score (nSPS) is 20.9. The van der Waals surface area contributed by atoms with Crippen molar-refractivity contribution in [1.29, 1.82) is 0 Å². The van der Waals surface area contributed by atoms with E-state index in [1.54, 1.807) is 0 Å². The molecule has 3 heteroatoms. The second kappa shape index (κ2) is 6.76. The number of rotatable bonds is 6. The highest BCUT2D eigenvalue weighted by molar-refractivity contribution is 5.31. The van der Waals surface area contributed by atoms with Gasteiger partial charge in [0, 0.05) is 19.7 Å². The van der Waals surface area contributed by atoms with Crippen molar-refractivity contribution in [2.45, 2.75) is 38.9 Å². The molecule has 0 amide bonds. The van der Waals surface area contributed by atoms with Gasteiger partial charge in [-0.25, -0.2) is 0 Å². The zero-order valence-corrected chi connectivity index (χ0v) is 11.3. The Morgan fingerprint density at radius 2 is 2.28 bits per heavy atom. The van der Waals surface area contributed by atoms with Crippen LogP contribution in [0, 0.1) is 6.92 Å². The van der Waals surface area contributed by atoms with Crippen LogP contribution in [0.4, 0.5) is 0 Å². The molecule has 2 atom stereocenters. The number of nitrogens with one attached hydrogen (secondary N) is 1. The van der Waals surface area contributed by atoms with E-state index >= 15 is 0 Å². The van der Waals surface area contributed by atoms with Gasteiger partial charge in [-0.1, -0.05) is 18.2 Å². The number of ether oxygens (including phenoxy) is 2. The summed E-state index contributed by atoms with van der Waals surface area (Å²) in [5.41, 5.74) is 1.18. The van der Waals surface area contributed by atoms with E-state index in [4.69, 9.17) is 9.47 Å². The second-order valence-corrected chi connectivity index (χ2v) is 4.99. The Morgan fingerprint density at radius 3 is 3.00 bits per heavy atom. The van der Waals surface area contributed by atoms with Crippen LogP contribution >= 0.6 is 0 Å². The third-order valence-electron chi connectivity index (χ3n) is 3.25. The third kappa shape index (κ3) is 4.00. The summed E-state index contributed by atoms with van der Waals surface area (Å²) in [4.78, 5) is 0. The van der Waals surface area contributed by atoms with Crippen LogP contribution in [0.3, 0.4) is 0 Å². The van der Waals surface area contributed by atoms with E-state index in [0.29, 0.717) is 6.10 Å². The van der Waals surface area contributed by atoms with Crippen molar-refractivity contribution < 1.29 is 9.47 Å². The van der Waals surface area contributed by atoms with Gasteiger partial charge in [0.15, 0.2) is 0 Å². The highest BCUT2D eigenvalue weighted by atomic mass is 16.5. The first-order chi connectivity index (χ1) is 8.75. The summed E-state index contributed by atoms with van der Waals surface area (Å²) in [6, 6.07) is 8.13. The van der Waals surface area contributed by atoms with Crippen LogP contribution in [0.1, 0.15) is 25.3 Å². The van der Waals surface area contributed by atoms with E-state index in [2.05, 4.69) is 25.2 Å². The zero-order valence-electron chi connectivity index (χ0n) is 11.3. The minimum Gasteiger partial charge on any atom is -0.489 e. The molecule has 0 saturated carbocycles. The van der Waals surface area contributed by atoms with Crippen LogP contribution in [-0.2, 0) is 4.74 Å². The lowest BCUT2D eigenvalue weighted by molar-refractivity contribution is 0.106. The van der Waals surface area contributed by atoms with Crippen molar-refractivity contribution in [2.75, 3.05) is 19.7 Å². The molecule has 1 aliphatic heterocycles. The van der Waals surface area contributed by atoms with Gasteiger partial charge in [0.1, 0.15) is 11.9 Å². The van der Waals surface area contributed by atoms with Gasteiger partial charge in [-0.15, -0.1) is 0 Å². The maximum atomic E-state index is 5.91. The van der Waals surface area contributed by atoms with Crippen molar-refractivity contribution in [2.24, 2.45) is 0 Å². The fraction of sp³-hybridized carbons (Fsp3) is 0.600. The summed E-state index contributed by atoms with van der Waals surface area (Å²) in [5.74, 6) is 0.976. The first-order valence-corrected chi connectivity index (χ1v) is 6.80. The second-order valence-electron chi connectivity index (χ2n) is 4.99. The number of hydrogen-bond acceptors (Lipinski definition) is 3. The minimum absolute atomic E-state index is 0.174. The fourth-order valence-corrected chi connectivity index (χ4v) is 2.20. The van der Waals surface area contributed by atoms with E-state index in [9.17, 15) is 0 Å². The van der Waals surface area contributed by atoms with Gasteiger partial charge in [-0.3, -0.25) is 0 Å². The smallest absolute Gasteiger partial charge is 0.122 e. The summed E-state index contributed by atoms with van der Waals surface area (Å²) < 4.78 is 11.5. The van der Waals surface area contributed by atoms with Crippen molar-refractivity contribution in [3.05, 3.63) is 29.8 Å². The summed E-state index contributed by atoms with van der Waals surface area (Å²) in [7, 11) is 0. The maximum absolute atomic E-state index is 5.91. The van der Waals surface area contributed by atoms with Crippen molar-refractivity contribution in [3.8, 4) is 5.75 Å². The van der Waals surface area contributed by atoms with Crippen molar-refractivity contribution in [1.82, 2.24) is 5.32 Å². The van der Waals surface area contributed by atoms with Gasteiger partial charge >= 0.3 is 0 Å². The largest absolute Gasteiger partial charge is 0.489 e. The molecule has 3 nitrogen and oxygen atoms in total. The lowest BCUT2D eigenvalue weighted by Crippen LogP contribution is -2.34. The lowest BCUT2D eigenvalue weighted by atomic mass is 10.2. The molecule has 1 aliphatic rings. The lowest BCUT2D eigenvalue weighted by Gasteiger charge is -2.18. The molecule has 1 fully saturated rings. The minimum atomic E-state index is 0.174. The average Bonchev–Trinajstić information content (AvgIpc) is 2.85. The summed E-state index contributed by atoms with van der Waals surface area (Å²) in [5, 5.41) is 3.42. The Morgan fingerprint density at radius 1 is 1.44 bits per heavy atom. The molecule has 18 heavy (non-hydrogen) atoms. The molecule has 0 spiro atoms. The fourth-order valence-electron chi connectivity index (χ4n) is 2.20. The van der Waals surface area contributed by atoms with Gasteiger partial charge in [0.25, 0.3) is 0 Å². The summed E-state index contributed by atoms with van der Waals surface area (Å²) in [6.45, 7) is 6.87. The highest BCUT2D eigenvalue weighted by Crippen LogP contribution is 2.17. The molecular formula is C15H23NO2. The first-order valence-electron chi connectivity index (χ1n) is 6.80. The van der Waals surface area contributed by atoms with Gasteiger partial charge < -0.3 is 14.8 Å². The quantitative estimate of drug-likeness (QED) is 0.840. The van der Waals surface area contributed by atoms with E-state index in [1.807, 2.05) is 18.2 Å². The Bertz CT molecular complexity index is 361. The number of para-hydroxylation sites is 1. The molecule has 1 aromatic carbocycles. The van der Waals surface area contributed by atoms with Crippen LogP contribution in [0.15, 0.2) is 24.3 Å². The van der Waals surface area contributed by atoms with Crippen LogP contribution in [-0.4, -0.2) is 31.9 Å². The Kier molecular flexibility index (Phi) is 5.02. The average molecular weight is 249 g/mol. The molecule has 1 aromatic rings. The van der Waals surface area contributed by atoms with Crippen LogP contribution in [0.5, 0.6) is 5.75 Å². The molecule has 1 saturated heterocycles. The molecule has 1 N–H and O–H groups in total. The number of aryl methyl sites for hydroxylation is 1. The van der Waals surface area contributed by atoms with Gasteiger partial charge in [-0.2, -0.15) is 0 Å². The number of hydrogen-bond donors (Lipinski definition) is 1. The molecule has 0 bridgehead atoms. The predicted molar refractivity (Wildman–Crippen MR) is 73.1 cm³/mol. The van der Waals surface area contributed by atoms with Gasteiger partial charge in [-0.05, 0) is 38.3 Å². The molecule has 0 unspecified atom stereocenters. The van der Waals surface area contributed by atoms with Crippen LogP contribution in [0.2, 0.25) is 0 Å². The third-order valence-corrected chi connectivity index (χ3v) is 3.25. The van der Waals surface area contributed by atoms with E-state index in [1.165, 1.54) is 18.4 Å². The SMILES string of the molecule is Cc1ccccc1O[C@@H](C)CNC[C@H]1CCCO1. The van der Waals surface area contributed by atoms with Crippen LogP contribution < -0.4 is 10.1 Å². The summed E-state index contributed by atoms with van der Waals surface area (Å²) in [6.07, 6.45) is 2.95. The highest BCUT2D eigenvalue weighted by Gasteiger charge is 2.15. The predicted octanol–water partition coefficient (Wildman–Crippen LogP) is 2.53. The molecule has 1 heterocycles. The summed E-state index contributed by atoms with van der Waals surface area (Å²) >= 11 is 0. The molecular weight excluding hydrogens is 226 g/mol. The maximum Gasteiger partial charge on any atom is 0.122 e. The van der Waals surface area contributed by atoms with E-state index in [0.717, 1.165) is 25.4 Å². The molecule has 100 valence electrons. The molecule has 0 radical (unpaired) electrons. The van der Waals surface area contributed by atoms with E-state index < -0.39 is 0 Å². The van der Waals surface area contributed by atoms with Crippen LogP contribution in [0.25, 0.3) is 0 Å². The monoisotopic (exact) mass is 249 g/mol. The number of benzene rings is 1. The van der Waals surface area contributed by atoms with Crippen molar-refractivity contribution in [3.63, 3.8) is 0 Å². The molecule has 2 rings (SSSR count). The van der Waals surface area contributed by atoms with Gasteiger partial charge in [0.2, 0.25) is 0 Å². The van der Waals surface area contributed by atoms with E-state index in [-0.39, 0.29) is 6.10 Å². The standard InChI is InChI=1S/C15H23NO2/c1-12-6-3-4-8-15(12)18-13(2)10-16-11-14-7-5-9-17-14/h3-4,6,8,13-14,16H,5,7,9-11H2,1-2H3/t13-,14+/m0/s1. The Labute approximate surface area is 109 Å². The molecule has 0 aliphatic carbocycles. The Hall–Kier alpha value is -1.06. The first kappa shape index (κ1) is 13.4. The zero-order chi connectivity index (χ0) is 12.8. The Balaban J connectivity index is 1.68. The molecule has 0 aromatic heterocycles.